The second kappa shape index (κ2) is 7.27. The van der Waals surface area contributed by atoms with Gasteiger partial charge in [0, 0.05) is 6.54 Å². The molecule has 4 heteroatoms. The summed E-state index contributed by atoms with van der Waals surface area (Å²) in [6.45, 7) is 2.22. The van der Waals surface area contributed by atoms with E-state index in [9.17, 15) is 9.90 Å². The highest BCUT2D eigenvalue weighted by Gasteiger charge is 2.32. The molecule has 1 aromatic rings. The van der Waals surface area contributed by atoms with Crippen LogP contribution in [0.25, 0.3) is 0 Å². The molecule has 2 N–H and O–H groups in total. The molecule has 0 saturated heterocycles. The fraction of sp³-hybridized carbons (Fsp3) is 0.471. The van der Waals surface area contributed by atoms with Crippen LogP contribution in [0.2, 0.25) is 0 Å². The van der Waals surface area contributed by atoms with Crippen LogP contribution in [0.4, 0.5) is 4.79 Å². The van der Waals surface area contributed by atoms with Crippen LogP contribution in [-0.2, 0) is 11.3 Å². The normalized spacial score (nSPS) is 20.6. The minimum absolute atomic E-state index is 0.178. The summed E-state index contributed by atoms with van der Waals surface area (Å²) in [7, 11) is 0. The van der Waals surface area contributed by atoms with E-state index < -0.39 is 11.7 Å². The van der Waals surface area contributed by atoms with E-state index in [1.54, 1.807) is 6.92 Å². The van der Waals surface area contributed by atoms with E-state index in [1.807, 2.05) is 30.3 Å². The summed E-state index contributed by atoms with van der Waals surface area (Å²) in [5.41, 5.74) is 0.0353. The number of benzene rings is 1. The van der Waals surface area contributed by atoms with Crippen LogP contribution < -0.4 is 5.32 Å². The van der Waals surface area contributed by atoms with E-state index in [1.165, 1.54) is 0 Å². The molecule has 1 aromatic carbocycles. The van der Waals surface area contributed by atoms with Gasteiger partial charge < -0.3 is 15.2 Å². The lowest BCUT2D eigenvalue weighted by Gasteiger charge is -2.33. The number of rotatable bonds is 5. The highest BCUT2D eigenvalue weighted by molar-refractivity contribution is 5.67. The third kappa shape index (κ3) is 4.90. The second-order valence-corrected chi connectivity index (χ2v) is 5.75. The number of alkyl carbamates (subject to hydrolysis) is 1. The van der Waals surface area contributed by atoms with Crippen molar-refractivity contribution in [3.05, 3.63) is 48.0 Å². The maximum Gasteiger partial charge on any atom is 0.407 e. The van der Waals surface area contributed by atoms with Crippen LogP contribution in [0.1, 0.15) is 31.7 Å². The Labute approximate surface area is 125 Å². The molecule has 21 heavy (non-hydrogen) atoms. The summed E-state index contributed by atoms with van der Waals surface area (Å²) in [5, 5.41) is 13.1. The quantitative estimate of drug-likeness (QED) is 0.819. The zero-order chi connectivity index (χ0) is 15.1. The Morgan fingerprint density at radius 1 is 1.38 bits per heavy atom. The lowest BCUT2D eigenvalue weighted by atomic mass is 9.80. The number of carbonyl (C=O) groups excluding carboxylic acids is 1. The minimum Gasteiger partial charge on any atom is -0.445 e. The zero-order valence-electron chi connectivity index (χ0n) is 12.4. The number of ether oxygens (including phenoxy) is 1. The highest BCUT2D eigenvalue weighted by Crippen LogP contribution is 2.28. The van der Waals surface area contributed by atoms with Crippen LogP contribution in [0, 0.1) is 5.92 Å². The maximum absolute atomic E-state index is 11.7. The molecule has 1 amide bonds. The summed E-state index contributed by atoms with van der Waals surface area (Å²) >= 11 is 0. The number of hydrogen-bond acceptors (Lipinski definition) is 3. The first kappa shape index (κ1) is 15.6. The lowest BCUT2D eigenvalue weighted by Crippen LogP contribution is -2.46. The molecule has 0 saturated carbocycles. The molecular weight excluding hydrogens is 266 g/mol. The van der Waals surface area contributed by atoms with Crippen molar-refractivity contribution in [2.75, 3.05) is 6.54 Å². The molecule has 1 aliphatic carbocycles. The molecule has 4 nitrogen and oxygen atoms in total. The summed E-state index contributed by atoms with van der Waals surface area (Å²) in [4.78, 5) is 11.7. The molecule has 114 valence electrons. The SMILES string of the molecule is CC(O)(CNC(=O)OCc1ccccc1)C1CC=CCC1. The van der Waals surface area contributed by atoms with Crippen molar-refractivity contribution in [3.63, 3.8) is 0 Å². The average molecular weight is 289 g/mol. The average Bonchev–Trinajstić information content (AvgIpc) is 2.53. The van der Waals surface area contributed by atoms with Gasteiger partial charge in [0.1, 0.15) is 6.61 Å². The molecule has 0 heterocycles. The molecule has 2 atom stereocenters. The molecule has 0 aliphatic heterocycles. The third-order valence-electron chi connectivity index (χ3n) is 3.95. The fourth-order valence-electron chi connectivity index (χ4n) is 2.53. The smallest absolute Gasteiger partial charge is 0.407 e. The molecule has 2 rings (SSSR count). The molecule has 2 unspecified atom stereocenters. The van der Waals surface area contributed by atoms with Crippen molar-refractivity contribution in [2.45, 2.75) is 38.4 Å². The topological polar surface area (TPSA) is 58.6 Å². The van der Waals surface area contributed by atoms with Crippen LogP contribution in [0.5, 0.6) is 0 Å². The zero-order valence-corrected chi connectivity index (χ0v) is 12.4. The van der Waals surface area contributed by atoms with Gasteiger partial charge >= 0.3 is 6.09 Å². The van der Waals surface area contributed by atoms with Gasteiger partial charge in [0.05, 0.1) is 5.60 Å². The van der Waals surface area contributed by atoms with E-state index in [4.69, 9.17) is 4.74 Å². The molecule has 0 bridgehead atoms. The van der Waals surface area contributed by atoms with Crippen LogP contribution in [0.3, 0.4) is 0 Å². The van der Waals surface area contributed by atoms with Gasteiger partial charge in [0.15, 0.2) is 0 Å². The molecular formula is C17H23NO3. The van der Waals surface area contributed by atoms with E-state index in [0.717, 1.165) is 24.8 Å². The van der Waals surface area contributed by atoms with Crippen LogP contribution in [0.15, 0.2) is 42.5 Å². The van der Waals surface area contributed by atoms with Gasteiger partial charge in [-0.3, -0.25) is 0 Å². The highest BCUT2D eigenvalue weighted by atomic mass is 16.5. The van der Waals surface area contributed by atoms with Gasteiger partial charge in [-0.05, 0) is 37.7 Å². The molecule has 0 spiro atoms. The number of carbonyl (C=O) groups is 1. The largest absolute Gasteiger partial charge is 0.445 e. The van der Waals surface area contributed by atoms with Crippen LogP contribution in [-0.4, -0.2) is 23.3 Å². The van der Waals surface area contributed by atoms with Gasteiger partial charge in [0.25, 0.3) is 0 Å². The van der Waals surface area contributed by atoms with E-state index in [2.05, 4.69) is 17.5 Å². The predicted octanol–water partition coefficient (Wildman–Crippen LogP) is 3.02. The Hall–Kier alpha value is -1.81. The van der Waals surface area contributed by atoms with Crippen molar-refractivity contribution in [2.24, 2.45) is 5.92 Å². The Kier molecular flexibility index (Phi) is 5.39. The molecule has 0 radical (unpaired) electrons. The standard InChI is InChI=1S/C17H23NO3/c1-17(20,15-10-6-3-7-11-15)13-18-16(19)21-12-14-8-4-2-5-9-14/h2-6,8-9,15,20H,7,10-13H2,1H3,(H,18,19). The second-order valence-electron chi connectivity index (χ2n) is 5.75. The number of amides is 1. The first-order chi connectivity index (χ1) is 10.1. The van der Waals surface area contributed by atoms with Crippen molar-refractivity contribution in [3.8, 4) is 0 Å². The van der Waals surface area contributed by atoms with E-state index in [-0.39, 0.29) is 19.1 Å². The Balaban J connectivity index is 1.74. The van der Waals surface area contributed by atoms with E-state index in [0.29, 0.717) is 0 Å². The molecule has 1 aliphatic rings. The van der Waals surface area contributed by atoms with Gasteiger partial charge in [0.2, 0.25) is 0 Å². The monoisotopic (exact) mass is 289 g/mol. The van der Waals surface area contributed by atoms with E-state index >= 15 is 0 Å². The molecule has 0 fully saturated rings. The number of aliphatic hydroxyl groups is 1. The summed E-state index contributed by atoms with van der Waals surface area (Å²) in [5.74, 6) is 0.178. The first-order valence-electron chi connectivity index (χ1n) is 7.40. The number of nitrogens with one attached hydrogen (secondary N) is 1. The van der Waals surface area contributed by atoms with Gasteiger partial charge in [-0.1, -0.05) is 42.5 Å². The van der Waals surface area contributed by atoms with Gasteiger partial charge in [-0.2, -0.15) is 0 Å². The first-order valence-corrected chi connectivity index (χ1v) is 7.40. The van der Waals surface area contributed by atoms with Crippen molar-refractivity contribution in [1.29, 1.82) is 0 Å². The predicted molar refractivity (Wildman–Crippen MR) is 81.7 cm³/mol. The lowest BCUT2D eigenvalue weighted by molar-refractivity contribution is -0.00438. The van der Waals surface area contributed by atoms with Crippen molar-refractivity contribution >= 4 is 6.09 Å². The Bertz CT molecular complexity index is 482. The van der Waals surface area contributed by atoms with Crippen molar-refractivity contribution < 1.29 is 14.6 Å². The Morgan fingerprint density at radius 3 is 2.81 bits per heavy atom. The maximum atomic E-state index is 11.7. The molecule has 0 aromatic heterocycles. The van der Waals surface area contributed by atoms with Gasteiger partial charge in [-0.25, -0.2) is 4.79 Å². The fourth-order valence-corrected chi connectivity index (χ4v) is 2.53. The third-order valence-corrected chi connectivity index (χ3v) is 3.95. The summed E-state index contributed by atoms with van der Waals surface area (Å²) in [6, 6.07) is 9.52. The number of allylic oxidation sites excluding steroid dienone is 2. The Morgan fingerprint density at radius 2 is 2.14 bits per heavy atom. The summed E-state index contributed by atoms with van der Waals surface area (Å²) in [6.07, 6.45) is 6.52. The summed E-state index contributed by atoms with van der Waals surface area (Å²) < 4.78 is 5.14. The number of hydrogen-bond donors (Lipinski definition) is 2. The van der Waals surface area contributed by atoms with Gasteiger partial charge in [-0.15, -0.1) is 0 Å². The minimum atomic E-state index is -0.906. The van der Waals surface area contributed by atoms with Crippen molar-refractivity contribution in [1.82, 2.24) is 5.32 Å². The van der Waals surface area contributed by atoms with Crippen LogP contribution >= 0.6 is 0 Å².